The second-order valence-electron chi connectivity index (χ2n) is 12.6. The molecular formula is C29H43N3O6. The zero-order chi connectivity index (χ0) is 28.0. The van der Waals surface area contributed by atoms with Crippen LogP contribution in [0.4, 0.5) is 5.69 Å². The summed E-state index contributed by atoms with van der Waals surface area (Å²) in [6.45, 7) is 13.7. The van der Waals surface area contributed by atoms with Gasteiger partial charge in [-0.25, -0.2) is 0 Å². The van der Waals surface area contributed by atoms with Crippen molar-refractivity contribution in [2.45, 2.75) is 96.6 Å². The molecule has 3 fully saturated rings. The molecule has 1 aromatic carbocycles. The molecule has 1 aromatic rings. The van der Waals surface area contributed by atoms with Gasteiger partial charge in [-0.3, -0.25) is 14.4 Å². The predicted molar refractivity (Wildman–Crippen MR) is 144 cm³/mol. The molecule has 210 valence electrons. The molecule has 1 spiro atoms. The summed E-state index contributed by atoms with van der Waals surface area (Å²) in [5.41, 5.74) is -1.95. The quantitative estimate of drug-likeness (QED) is 0.453. The molecule has 0 saturated carbocycles. The van der Waals surface area contributed by atoms with Crippen molar-refractivity contribution in [3.63, 3.8) is 0 Å². The standard InChI is InChI=1S/C29H43N3O6/c1-8-37-20-11-9-18(10-12-20)30-24(34)21-22-26(36)32(19(16-33)15-17(2)3)23(25(35)31-27(4,5)6)29(22)14-13-28(21,7)38-29/h9-12,17,19,21-23,33H,8,13-16H2,1-7H3,(H,30,34)(H,31,35)/t19-,21-,22+,23?,28+,29?/m1/s1. The highest BCUT2D eigenvalue weighted by atomic mass is 16.5. The minimum Gasteiger partial charge on any atom is -0.494 e. The number of nitrogens with zero attached hydrogens (tertiary/aromatic N) is 1. The molecule has 3 aliphatic heterocycles. The highest BCUT2D eigenvalue weighted by Crippen LogP contribution is 2.63. The topological polar surface area (TPSA) is 117 Å². The van der Waals surface area contributed by atoms with E-state index in [4.69, 9.17) is 9.47 Å². The van der Waals surface area contributed by atoms with E-state index in [0.29, 0.717) is 37.3 Å². The van der Waals surface area contributed by atoms with Crippen molar-refractivity contribution >= 4 is 23.4 Å². The number of aliphatic hydroxyl groups excluding tert-OH is 1. The Hall–Kier alpha value is -2.65. The van der Waals surface area contributed by atoms with E-state index in [0.717, 1.165) is 0 Å². The largest absolute Gasteiger partial charge is 0.494 e. The summed E-state index contributed by atoms with van der Waals surface area (Å²) in [7, 11) is 0. The third-order valence-corrected chi connectivity index (χ3v) is 8.02. The monoisotopic (exact) mass is 529 g/mol. The summed E-state index contributed by atoms with van der Waals surface area (Å²) in [5.74, 6) is -1.62. The molecule has 38 heavy (non-hydrogen) atoms. The fraction of sp³-hybridized carbons (Fsp3) is 0.690. The van der Waals surface area contributed by atoms with Crippen LogP contribution in [-0.2, 0) is 19.1 Å². The van der Waals surface area contributed by atoms with Crippen LogP contribution in [0.25, 0.3) is 0 Å². The van der Waals surface area contributed by atoms with E-state index in [9.17, 15) is 19.5 Å². The molecule has 3 aliphatic rings. The van der Waals surface area contributed by atoms with Gasteiger partial charge in [-0.2, -0.15) is 0 Å². The maximum absolute atomic E-state index is 14.2. The van der Waals surface area contributed by atoms with Crippen LogP contribution in [0.5, 0.6) is 5.75 Å². The van der Waals surface area contributed by atoms with E-state index in [-0.39, 0.29) is 30.2 Å². The van der Waals surface area contributed by atoms with Crippen LogP contribution in [-0.4, -0.2) is 69.8 Å². The van der Waals surface area contributed by atoms with Crippen molar-refractivity contribution in [2.24, 2.45) is 17.8 Å². The minimum absolute atomic E-state index is 0.192. The van der Waals surface area contributed by atoms with Crippen molar-refractivity contribution in [1.82, 2.24) is 10.2 Å². The number of benzene rings is 1. The molecule has 9 heteroatoms. The van der Waals surface area contributed by atoms with Gasteiger partial charge in [-0.15, -0.1) is 0 Å². The first-order valence-electron chi connectivity index (χ1n) is 13.8. The number of hydrogen-bond acceptors (Lipinski definition) is 6. The molecule has 4 rings (SSSR count). The summed E-state index contributed by atoms with van der Waals surface area (Å²) in [4.78, 5) is 43.4. The second kappa shape index (κ2) is 10.2. The lowest BCUT2D eigenvalue weighted by Gasteiger charge is -2.39. The summed E-state index contributed by atoms with van der Waals surface area (Å²) in [6.07, 6.45) is 1.58. The predicted octanol–water partition coefficient (Wildman–Crippen LogP) is 3.11. The number of carbonyl (C=O) groups excluding carboxylic acids is 3. The number of rotatable bonds is 9. The lowest BCUT2D eigenvalue weighted by atomic mass is 9.66. The third kappa shape index (κ3) is 4.91. The molecule has 0 aliphatic carbocycles. The van der Waals surface area contributed by atoms with Crippen LogP contribution >= 0.6 is 0 Å². The summed E-state index contributed by atoms with van der Waals surface area (Å²) in [5, 5.41) is 16.4. The summed E-state index contributed by atoms with van der Waals surface area (Å²) < 4.78 is 12.1. The van der Waals surface area contributed by atoms with E-state index < -0.39 is 40.7 Å². The molecule has 3 saturated heterocycles. The number of anilines is 1. The average molecular weight is 530 g/mol. The normalized spacial score (nSPS) is 30.9. The van der Waals surface area contributed by atoms with Crippen LogP contribution in [0.2, 0.25) is 0 Å². The Labute approximate surface area is 225 Å². The molecule has 6 atom stereocenters. The molecule has 2 bridgehead atoms. The van der Waals surface area contributed by atoms with Gasteiger partial charge in [-0.1, -0.05) is 13.8 Å². The van der Waals surface area contributed by atoms with E-state index in [1.54, 1.807) is 24.3 Å². The van der Waals surface area contributed by atoms with Crippen molar-refractivity contribution < 1.29 is 29.0 Å². The smallest absolute Gasteiger partial charge is 0.246 e. The summed E-state index contributed by atoms with van der Waals surface area (Å²) in [6, 6.07) is 5.62. The van der Waals surface area contributed by atoms with Gasteiger partial charge in [0.25, 0.3) is 0 Å². The number of carbonyl (C=O) groups is 3. The highest BCUT2D eigenvalue weighted by molar-refractivity contribution is 6.02. The Kier molecular flexibility index (Phi) is 7.58. The van der Waals surface area contributed by atoms with Crippen LogP contribution in [0.15, 0.2) is 24.3 Å². The van der Waals surface area contributed by atoms with Gasteiger partial charge in [0.15, 0.2) is 0 Å². The van der Waals surface area contributed by atoms with Gasteiger partial charge < -0.3 is 30.1 Å². The molecule has 0 aromatic heterocycles. The average Bonchev–Trinajstić information content (AvgIpc) is 3.38. The molecule has 3 N–H and O–H groups in total. The van der Waals surface area contributed by atoms with Gasteiger partial charge in [0, 0.05) is 11.2 Å². The van der Waals surface area contributed by atoms with Gasteiger partial charge >= 0.3 is 0 Å². The summed E-state index contributed by atoms with van der Waals surface area (Å²) >= 11 is 0. The lowest BCUT2D eigenvalue weighted by Crippen LogP contribution is -2.60. The van der Waals surface area contributed by atoms with E-state index >= 15 is 0 Å². The van der Waals surface area contributed by atoms with Crippen molar-refractivity contribution in [1.29, 1.82) is 0 Å². The maximum atomic E-state index is 14.2. The Balaban J connectivity index is 1.71. The van der Waals surface area contributed by atoms with Crippen molar-refractivity contribution in [3.8, 4) is 5.75 Å². The number of amides is 3. The first-order valence-corrected chi connectivity index (χ1v) is 13.8. The molecule has 3 amide bonds. The Morgan fingerprint density at radius 3 is 2.39 bits per heavy atom. The Bertz CT molecular complexity index is 1070. The van der Waals surface area contributed by atoms with Crippen LogP contribution in [0.1, 0.15) is 67.7 Å². The second-order valence-corrected chi connectivity index (χ2v) is 12.6. The SMILES string of the molecule is CCOc1ccc(NC(=O)[C@H]2[C@H]3C(=O)N([C@@H](CO)CC(C)C)C(C(=O)NC(C)(C)C)C34CC[C@]2(C)O4)cc1. The Morgan fingerprint density at radius 2 is 1.84 bits per heavy atom. The van der Waals surface area contributed by atoms with E-state index in [1.165, 1.54) is 4.90 Å². The van der Waals surface area contributed by atoms with Gasteiger partial charge in [0.1, 0.15) is 17.4 Å². The van der Waals surface area contributed by atoms with Gasteiger partial charge in [-0.05, 0) is 84.1 Å². The zero-order valence-corrected chi connectivity index (χ0v) is 23.7. The number of aliphatic hydroxyl groups is 1. The third-order valence-electron chi connectivity index (χ3n) is 8.02. The van der Waals surface area contributed by atoms with Gasteiger partial charge in [0.2, 0.25) is 17.7 Å². The first kappa shape index (κ1) is 28.4. The maximum Gasteiger partial charge on any atom is 0.246 e. The number of hydrogen-bond donors (Lipinski definition) is 3. The number of likely N-dealkylation sites (tertiary alicyclic amines) is 1. The molecule has 3 heterocycles. The highest BCUT2D eigenvalue weighted by Gasteiger charge is 2.78. The number of fused-ring (bicyclic) bond motifs is 1. The van der Waals surface area contributed by atoms with Crippen LogP contribution in [0.3, 0.4) is 0 Å². The minimum atomic E-state index is -1.13. The lowest BCUT2D eigenvalue weighted by molar-refractivity contribution is -0.149. The number of nitrogens with one attached hydrogen (secondary N) is 2. The molecular weight excluding hydrogens is 486 g/mol. The molecule has 9 nitrogen and oxygen atoms in total. The first-order chi connectivity index (χ1) is 17.8. The van der Waals surface area contributed by atoms with E-state index in [1.807, 2.05) is 48.5 Å². The fourth-order valence-corrected chi connectivity index (χ4v) is 6.74. The van der Waals surface area contributed by atoms with Gasteiger partial charge in [0.05, 0.1) is 36.7 Å². The van der Waals surface area contributed by atoms with Crippen molar-refractivity contribution in [3.05, 3.63) is 24.3 Å². The van der Waals surface area contributed by atoms with Crippen LogP contribution < -0.4 is 15.4 Å². The Morgan fingerprint density at radius 1 is 1.18 bits per heavy atom. The number of ether oxygens (including phenoxy) is 2. The fourth-order valence-electron chi connectivity index (χ4n) is 6.74. The van der Waals surface area contributed by atoms with Crippen LogP contribution in [0, 0.1) is 17.8 Å². The zero-order valence-electron chi connectivity index (χ0n) is 23.7. The van der Waals surface area contributed by atoms with Crippen molar-refractivity contribution in [2.75, 3.05) is 18.5 Å². The van der Waals surface area contributed by atoms with E-state index in [2.05, 4.69) is 10.6 Å². The molecule has 0 radical (unpaired) electrons. The molecule has 2 unspecified atom stereocenters.